The molecule has 1 fully saturated rings. The highest BCUT2D eigenvalue weighted by Gasteiger charge is 2.22. The lowest BCUT2D eigenvalue weighted by Crippen LogP contribution is -2.34. The summed E-state index contributed by atoms with van der Waals surface area (Å²) in [5.41, 5.74) is 1.15. The summed E-state index contributed by atoms with van der Waals surface area (Å²) in [4.78, 5) is 3.18. The van der Waals surface area contributed by atoms with E-state index in [1.54, 1.807) is 0 Å². The van der Waals surface area contributed by atoms with Crippen LogP contribution >= 0.6 is 11.8 Å². The van der Waals surface area contributed by atoms with Crippen LogP contribution in [0.15, 0.2) is 30.5 Å². The quantitative estimate of drug-likeness (QED) is 0.876. The van der Waals surface area contributed by atoms with Crippen molar-refractivity contribution in [3.63, 3.8) is 0 Å². The fourth-order valence-electron chi connectivity index (χ4n) is 2.13. The van der Waals surface area contributed by atoms with Crippen LogP contribution in [0.3, 0.4) is 0 Å². The van der Waals surface area contributed by atoms with Gasteiger partial charge in [0.05, 0.1) is 5.37 Å². The van der Waals surface area contributed by atoms with Crippen molar-refractivity contribution in [3.8, 4) is 5.75 Å². The summed E-state index contributed by atoms with van der Waals surface area (Å²) in [5, 5.41) is 5.05. The molecule has 17 heavy (non-hydrogen) atoms. The summed E-state index contributed by atoms with van der Waals surface area (Å²) in [7, 11) is 0. The van der Waals surface area contributed by atoms with Gasteiger partial charge >= 0.3 is 0 Å². The van der Waals surface area contributed by atoms with E-state index in [1.807, 2.05) is 24.0 Å². The van der Waals surface area contributed by atoms with E-state index >= 15 is 0 Å². The number of rotatable bonds is 3. The third kappa shape index (κ3) is 2.28. The maximum atomic E-state index is 5.98. The smallest absolute Gasteiger partial charge is 0.120 e. The molecule has 90 valence electrons. The molecule has 1 aromatic carbocycles. The van der Waals surface area contributed by atoms with E-state index < -0.39 is 0 Å². The second kappa shape index (κ2) is 4.63. The third-order valence-electron chi connectivity index (χ3n) is 3.02. The first-order valence-corrected chi connectivity index (χ1v) is 6.96. The Balaban J connectivity index is 1.74. The molecule has 2 aromatic rings. The highest BCUT2D eigenvalue weighted by atomic mass is 32.2. The van der Waals surface area contributed by atoms with Gasteiger partial charge in [-0.2, -0.15) is 0 Å². The molecule has 4 heteroatoms. The lowest BCUT2D eigenvalue weighted by atomic mass is 10.2. The van der Waals surface area contributed by atoms with Crippen molar-refractivity contribution in [1.82, 2.24) is 10.3 Å². The SMILES string of the molecule is CC(Oc1ccc2[nH]ccc2c1)C1NCCS1. The number of H-pyrrole nitrogens is 1. The zero-order valence-corrected chi connectivity index (χ0v) is 10.6. The molecule has 2 N–H and O–H groups in total. The maximum Gasteiger partial charge on any atom is 0.120 e. The van der Waals surface area contributed by atoms with Gasteiger partial charge < -0.3 is 15.0 Å². The minimum Gasteiger partial charge on any atom is -0.488 e. The summed E-state index contributed by atoms with van der Waals surface area (Å²) >= 11 is 1.93. The second-order valence-corrected chi connectivity index (χ2v) is 5.54. The van der Waals surface area contributed by atoms with E-state index in [1.165, 1.54) is 11.1 Å². The molecule has 0 aliphatic carbocycles. The highest BCUT2D eigenvalue weighted by molar-refractivity contribution is 8.00. The standard InChI is InChI=1S/C13H16N2OS/c1-9(13-15-6-7-17-13)16-11-2-3-12-10(8-11)4-5-14-12/h2-5,8-9,13-15H,6-7H2,1H3. The summed E-state index contributed by atoms with van der Waals surface area (Å²) in [6.45, 7) is 3.21. The number of hydrogen-bond donors (Lipinski definition) is 2. The Kier molecular flexibility index (Phi) is 2.99. The van der Waals surface area contributed by atoms with Crippen LogP contribution in [0, 0.1) is 0 Å². The van der Waals surface area contributed by atoms with E-state index in [2.05, 4.69) is 35.4 Å². The molecular weight excluding hydrogens is 232 g/mol. The van der Waals surface area contributed by atoms with Gasteiger partial charge in [0, 0.05) is 29.4 Å². The van der Waals surface area contributed by atoms with E-state index in [0.29, 0.717) is 5.37 Å². The number of aromatic amines is 1. The van der Waals surface area contributed by atoms with Gasteiger partial charge in [0.15, 0.2) is 0 Å². The molecule has 0 amide bonds. The number of thioether (sulfide) groups is 1. The summed E-state index contributed by atoms with van der Waals surface area (Å²) < 4.78 is 5.98. The molecule has 3 nitrogen and oxygen atoms in total. The van der Waals surface area contributed by atoms with Crippen LogP contribution in [0.2, 0.25) is 0 Å². The zero-order valence-electron chi connectivity index (χ0n) is 9.77. The molecule has 0 radical (unpaired) electrons. The van der Waals surface area contributed by atoms with Gasteiger partial charge in [0.1, 0.15) is 11.9 Å². The van der Waals surface area contributed by atoms with Gasteiger partial charge in [-0.1, -0.05) is 0 Å². The van der Waals surface area contributed by atoms with Crippen LogP contribution in [0.5, 0.6) is 5.75 Å². The molecule has 0 bridgehead atoms. The van der Waals surface area contributed by atoms with Crippen molar-refractivity contribution in [3.05, 3.63) is 30.5 Å². The zero-order chi connectivity index (χ0) is 11.7. The lowest BCUT2D eigenvalue weighted by molar-refractivity contribution is 0.209. The van der Waals surface area contributed by atoms with Gasteiger partial charge in [-0.25, -0.2) is 0 Å². The molecule has 2 atom stereocenters. The first-order valence-electron chi connectivity index (χ1n) is 5.92. The van der Waals surface area contributed by atoms with Crippen LogP contribution in [-0.2, 0) is 0 Å². The maximum absolute atomic E-state index is 5.98. The molecule has 0 saturated carbocycles. The van der Waals surface area contributed by atoms with Gasteiger partial charge in [0.25, 0.3) is 0 Å². The first kappa shape index (κ1) is 11.0. The average molecular weight is 248 g/mol. The number of fused-ring (bicyclic) bond motifs is 1. The topological polar surface area (TPSA) is 37.0 Å². The molecule has 1 aliphatic heterocycles. The van der Waals surface area contributed by atoms with E-state index in [-0.39, 0.29) is 6.10 Å². The minimum atomic E-state index is 0.193. The van der Waals surface area contributed by atoms with Crippen molar-refractivity contribution in [1.29, 1.82) is 0 Å². The number of nitrogens with one attached hydrogen (secondary N) is 2. The molecule has 2 heterocycles. The van der Waals surface area contributed by atoms with Gasteiger partial charge in [-0.3, -0.25) is 0 Å². The Bertz CT molecular complexity index is 505. The molecule has 1 saturated heterocycles. The van der Waals surface area contributed by atoms with Gasteiger partial charge in [-0.05, 0) is 31.2 Å². The summed E-state index contributed by atoms with van der Waals surface area (Å²) in [6, 6.07) is 8.24. The van der Waals surface area contributed by atoms with Crippen LogP contribution < -0.4 is 10.1 Å². The van der Waals surface area contributed by atoms with E-state index in [9.17, 15) is 0 Å². The Hall–Kier alpha value is -1.13. The molecule has 3 rings (SSSR count). The van der Waals surface area contributed by atoms with Crippen LogP contribution in [0.1, 0.15) is 6.92 Å². The van der Waals surface area contributed by atoms with Gasteiger partial charge in [0.2, 0.25) is 0 Å². The predicted octanol–water partition coefficient (Wildman–Crippen LogP) is 2.60. The average Bonchev–Trinajstić information content (AvgIpc) is 2.99. The van der Waals surface area contributed by atoms with Crippen molar-refractivity contribution in [2.45, 2.75) is 18.4 Å². The van der Waals surface area contributed by atoms with Crippen LogP contribution in [0.25, 0.3) is 10.9 Å². The normalized spacial score (nSPS) is 21.8. The monoisotopic (exact) mass is 248 g/mol. The predicted molar refractivity (Wildman–Crippen MR) is 72.6 cm³/mol. The lowest BCUT2D eigenvalue weighted by Gasteiger charge is -2.20. The molecule has 1 aromatic heterocycles. The first-order chi connectivity index (χ1) is 8.33. The van der Waals surface area contributed by atoms with Crippen LogP contribution in [-0.4, -0.2) is 28.8 Å². The van der Waals surface area contributed by atoms with Crippen LogP contribution in [0.4, 0.5) is 0 Å². The number of ether oxygens (including phenoxy) is 1. The Morgan fingerprint density at radius 2 is 2.35 bits per heavy atom. The van der Waals surface area contributed by atoms with Crippen molar-refractivity contribution >= 4 is 22.7 Å². The fraction of sp³-hybridized carbons (Fsp3) is 0.385. The van der Waals surface area contributed by atoms with E-state index in [0.717, 1.165) is 17.8 Å². The van der Waals surface area contributed by atoms with Gasteiger partial charge in [-0.15, -0.1) is 11.8 Å². The third-order valence-corrected chi connectivity index (χ3v) is 4.37. The molecule has 0 spiro atoms. The van der Waals surface area contributed by atoms with Crippen molar-refractivity contribution in [2.24, 2.45) is 0 Å². The minimum absolute atomic E-state index is 0.193. The highest BCUT2D eigenvalue weighted by Crippen LogP contribution is 2.24. The molecule has 2 unspecified atom stereocenters. The fourth-order valence-corrected chi connectivity index (χ4v) is 3.18. The second-order valence-electron chi connectivity index (χ2n) is 4.30. The Labute approximate surface area is 105 Å². The Morgan fingerprint density at radius 1 is 1.41 bits per heavy atom. The summed E-state index contributed by atoms with van der Waals surface area (Å²) in [5.74, 6) is 2.12. The Morgan fingerprint density at radius 3 is 3.18 bits per heavy atom. The van der Waals surface area contributed by atoms with E-state index in [4.69, 9.17) is 4.74 Å². The number of benzene rings is 1. The number of aromatic nitrogens is 1. The van der Waals surface area contributed by atoms with Crippen molar-refractivity contribution < 1.29 is 4.74 Å². The largest absolute Gasteiger partial charge is 0.488 e. The summed E-state index contributed by atoms with van der Waals surface area (Å²) in [6.07, 6.45) is 2.14. The van der Waals surface area contributed by atoms with Crippen molar-refractivity contribution in [2.75, 3.05) is 12.3 Å². The number of hydrogen-bond acceptors (Lipinski definition) is 3. The molecule has 1 aliphatic rings. The molecular formula is C13H16N2OS.